The van der Waals surface area contributed by atoms with Gasteiger partial charge in [0.05, 0.1) is 7.11 Å². The van der Waals surface area contributed by atoms with Crippen molar-refractivity contribution < 1.29 is 19.4 Å². The van der Waals surface area contributed by atoms with Gasteiger partial charge in [0.25, 0.3) is 5.91 Å². The smallest absolute Gasteiger partial charge is 0.326 e. The lowest BCUT2D eigenvalue weighted by molar-refractivity contribution is -0.142. The second-order valence-corrected chi connectivity index (χ2v) is 7.65. The first-order valence-corrected chi connectivity index (χ1v) is 10.7. The number of benzene rings is 2. The summed E-state index contributed by atoms with van der Waals surface area (Å²) in [7, 11) is 1.59. The zero-order valence-corrected chi connectivity index (χ0v) is 18.2. The summed E-state index contributed by atoms with van der Waals surface area (Å²) in [5.74, 6) is -0.226. The first-order chi connectivity index (χ1) is 14.5. The van der Waals surface area contributed by atoms with Crippen LogP contribution in [0.2, 0.25) is 0 Å². The zero-order chi connectivity index (χ0) is 21.9. The number of carbonyl (C=O) groups is 2. The average molecular weight is 412 g/mol. The summed E-state index contributed by atoms with van der Waals surface area (Å²) in [5, 5.41) is 10.0. The molecule has 0 aliphatic rings. The molecule has 2 rings (SSSR count). The number of carboxylic acids is 1. The molecule has 0 aliphatic heterocycles. The van der Waals surface area contributed by atoms with Crippen LogP contribution in [0.3, 0.4) is 0 Å². The lowest BCUT2D eigenvalue weighted by Crippen LogP contribution is -2.48. The zero-order valence-electron chi connectivity index (χ0n) is 18.2. The second-order valence-electron chi connectivity index (χ2n) is 7.65. The van der Waals surface area contributed by atoms with Crippen LogP contribution in [0.5, 0.6) is 5.75 Å². The normalized spacial score (nSPS) is 12.8. The van der Waals surface area contributed by atoms with Gasteiger partial charge in [0, 0.05) is 18.5 Å². The van der Waals surface area contributed by atoms with E-state index in [4.69, 9.17) is 4.74 Å². The van der Waals surface area contributed by atoms with Crippen LogP contribution in [-0.4, -0.2) is 41.6 Å². The molecular formula is C25H33NO4. The first kappa shape index (κ1) is 23.5. The fraction of sp³-hybridized carbons (Fsp3) is 0.440. The minimum Gasteiger partial charge on any atom is -0.497 e. The minimum atomic E-state index is -0.986. The van der Waals surface area contributed by atoms with Crippen molar-refractivity contribution in [3.63, 3.8) is 0 Å². The number of aliphatic carboxylic acids is 1. The fourth-order valence-electron chi connectivity index (χ4n) is 3.61. The molecular weight excluding hydrogens is 378 g/mol. The SMILES string of the molecule is CCCCC(CC)CN(C(=O)c1ccccc1)C(Cc1ccc(OC)cc1)C(=O)O. The van der Waals surface area contributed by atoms with Crippen molar-refractivity contribution in [2.75, 3.05) is 13.7 Å². The molecule has 2 atom stereocenters. The van der Waals surface area contributed by atoms with Gasteiger partial charge in [-0.25, -0.2) is 4.79 Å². The predicted octanol–water partition coefficient (Wildman–Crippen LogP) is 5.05. The van der Waals surface area contributed by atoms with Crippen molar-refractivity contribution in [2.24, 2.45) is 5.92 Å². The molecule has 0 spiro atoms. The Bertz CT molecular complexity index is 789. The lowest BCUT2D eigenvalue weighted by Gasteiger charge is -2.32. The van der Waals surface area contributed by atoms with Crippen molar-refractivity contribution in [1.29, 1.82) is 0 Å². The summed E-state index contributed by atoms with van der Waals surface area (Å²) < 4.78 is 5.19. The van der Waals surface area contributed by atoms with Gasteiger partial charge in [0.2, 0.25) is 0 Å². The molecule has 0 aromatic heterocycles. The quantitative estimate of drug-likeness (QED) is 0.531. The van der Waals surface area contributed by atoms with Gasteiger partial charge in [-0.3, -0.25) is 4.79 Å². The third-order valence-electron chi connectivity index (χ3n) is 5.53. The Kier molecular flexibility index (Phi) is 9.39. The van der Waals surface area contributed by atoms with E-state index < -0.39 is 12.0 Å². The molecule has 0 heterocycles. The number of carbonyl (C=O) groups excluding carboxylic acids is 1. The molecule has 0 radical (unpaired) electrons. The van der Waals surface area contributed by atoms with E-state index in [0.29, 0.717) is 17.9 Å². The van der Waals surface area contributed by atoms with Gasteiger partial charge in [0.15, 0.2) is 0 Å². The highest BCUT2D eigenvalue weighted by Gasteiger charge is 2.32. The maximum Gasteiger partial charge on any atom is 0.326 e. The van der Waals surface area contributed by atoms with Gasteiger partial charge in [-0.2, -0.15) is 0 Å². The van der Waals surface area contributed by atoms with Crippen molar-refractivity contribution in [1.82, 2.24) is 4.90 Å². The number of methoxy groups -OCH3 is 1. The maximum atomic E-state index is 13.3. The monoisotopic (exact) mass is 411 g/mol. The van der Waals surface area contributed by atoms with Gasteiger partial charge in [-0.1, -0.05) is 63.4 Å². The summed E-state index contributed by atoms with van der Waals surface area (Å²) in [6.45, 7) is 4.69. The van der Waals surface area contributed by atoms with E-state index >= 15 is 0 Å². The van der Waals surface area contributed by atoms with E-state index in [9.17, 15) is 14.7 Å². The summed E-state index contributed by atoms with van der Waals surface area (Å²) in [5.41, 5.74) is 1.37. The Morgan fingerprint density at radius 1 is 1.03 bits per heavy atom. The number of carboxylic acid groups (broad SMARTS) is 1. The van der Waals surface area contributed by atoms with E-state index in [1.54, 1.807) is 36.3 Å². The number of unbranched alkanes of at least 4 members (excludes halogenated alkanes) is 1. The molecule has 5 heteroatoms. The molecule has 162 valence electrons. The third-order valence-corrected chi connectivity index (χ3v) is 5.53. The Balaban J connectivity index is 2.33. The molecule has 2 unspecified atom stereocenters. The second kappa shape index (κ2) is 12.0. The van der Waals surface area contributed by atoms with Crippen LogP contribution < -0.4 is 4.74 Å². The molecule has 2 aromatic rings. The Labute approximate surface area is 179 Å². The van der Waals surface area contributed by atoms with Crippen LogP contribution in [-0.2, 0) is 11.2 Å². The van der Waals surface area contributed by atoms with Crippen LogP contribution in [0.25, 0.3) is 0 Å². The standard InChI is InChI=1S/C25H33NO4/c1-4-6-10-19(5-2)18-26(24(27)21-11-8-7-9-12-21)23(25(28)29)17-20-13-15-22(30-3)16-14-20/h7-9,11-16,19,23H,4-6,10,17-18H2,1-3H3,(H,28,29). The molecule has 0 aliphatic carbocycles. The molecule has 0 fully saturated rings. The third kappa shape index (κ3) is 6.61. The molecule has 1 amide bonds. The number of rotatable bonds is 12. The molecule has 1 N–H and O–H groups in total. The van der Waals surface area contributed by atoms with Gasteiger partial charge in [0.1, 0.15) is 11.8 Å². The topological polar surface area (TPSA) is 66.8 Å². The van der Waals surface area contributed by atoms with E-state index in [0.717, 1.165) is 31.2 Å². The van der Waals surface area contributed by atoms with E-state index in [2.05, 4.69) is 13.8 Å². The van der Waals surface area contributed by atoms with Gasteiger partial charge < -0.3 is 14.7 Å². The Morgan fingerprint density at radius 3 is 2.23 bits per heavy atom. The first-order valence-electron chi connectivity index (χ1n) is 10.7. The molecule has 2 aromatic carbocycles. The summed E-state index contributed by atoms with van der Waals surface area (Å²) in [6, 6.07) is 15.4. The van der Waals surface area contributed by atoms with Crippen molar-refractivity contribution in [3.05, 3.63) is 65.7 Å². The highest BCUT2D eigenvalue weighted by molar-refractivity contribution is 5.96. The molecule has 5 nitrogen and oxygen atoms in total. The van der Waals surface area contributed by atoms with Crippen LogP contribution in [0, 0.1) is 5.92 Å². The van der Waals surface area contributed by atoms with Crippen LogP contribution in [0.4, 0.5) is 0 Å². The summed E-state index contributed by atoms with van der Waals surface area (Å²) in [4.78, 5) is 27.2. The lowest BCUT2D eigenvalue weighted by atomic mass is 9.96. The van der Waals surface area contributed by atoms with Crippen LogP contribution >= 0.6 is 0 Å². The van der Waals surface area contributed by atoms with Crippen LogP contribution in [0.15, 0.2) is 54.6 Å². The largest absolute Gasteiger partial charge is 0.497 e. The highest BCUT2D eigenvalue weighted by Crippen LogP contribution is 2.21. The van der Waals surface area contributed by atoms with E-state index in [-0.39, 0.29) is 18.2 Å². The van der Waals surface area contributed by atoms with Crippen molar-refractivity contribution in [2.45, 2.75) is 52.0 Å². The molecule has 0 saturated carbocycles. The number of hydrogen-bond donors (Lipinski definition) is 1. The van der Waals surface area contributed by atoms with Gasteiger partial charge >= 0.3 is 5.97 Å². The number of amides is 1. The van der Waals surface area contributed by atoms with Crippen molar-refractivity contribution in [3.8, 4) is 5.75 Å². The Hall–Kier alpha value is -2.82. The van der Waals surface area contributed by atoms with Gasteiger partial charge in [-0.05, 0) is 42.2 Å². The van der Waals surface area contributed by atoms with Crippen LogP contribution in [0.1, 0.15) is 55.5 Å². The van der Waals surface area contributed by atoms with Gasteiger partial charge in [-0.15, -0.1) is 0 Å². The molecule has 0 bridgehead atoms. The maximum absolute atomic E-state index is 13.3. The van der Waals surface area contributed by atoms with E-state index in [1.165, 1.54) is 0 Å². The average Bonchev–Trinajstić information content (AvgIpc) is 2.78. The Morgan fingerprint density at radius 2 is 1.70 bits per heavy atom. The number of ether oxygens (including phenoxy) is 1. The number of hydrogen-bond acceptors (Lipinski definition) is 3. The van der Waals surface area contributed by atoms with Crippen molar-refractivity contribution >= 4 is 11.9 Å². The predicted molar refractivity (Wildman–Crippen MR) is 119 cm³/mol. The number of nitrogens with zero attached hydrogens (tertiary/aromatic N) is 1. The summed E-state index contributed by atoms with van der Waals surface area (Å²) >= 11 is 0. The molecule has 0 saturated heterocycles. The molecule has 30 heavy (non-hydrogen) atoms. The van der Waals surface area contributed by atoms with E-state index in [1.807, 2.05) is 30.3 Å². The minimum absolute atomic E-state index is 0.230. The fourth-order valence-corrected chi connectivity index (χ4v) is 3.61. The highest BCUT2D eigenvalue weighted by atomic mass is 16.5. The summed E-state index contributed by atoms with van der Waals surface area (Å²) in [6.07, 6.45) is 4.30.